The highest BCUT2D eigenvalue weighted by molar-refractivity contribution is 6.03. The number of hydrazone groups is 1. The Labute approximate surface area is 161 Å². The Morgan fingerprint density at radius 1 is 1.14 bits per heavy atom. The van der Waals surface area contributed by atoms with Gasteiger partial charge in [0.1, 0.15) is 0 Å². The van der Waals surface area contributed by atoms with Crippen LogP contribution in [0.25, 0.3) is 0 Å². The SMILES string of the molecule is Cc1ccc(C2=NN(C(=O)CCCc3ccccc3)[C@@](O)(C(F)(F)F)C2)cc1. The van der Waals surface area contributed by atoms with E-state index < -0.39 is 24.2 Å². The first-order valence-electron chi connectivity index (χ1n) is 9.01. The van der Waals surface area contributed by atoms with E-state index >= 15 is 0 Å². The van der Waals surface area contributed by atoms with Crippen molar-refractivity contribution < 1.29 is 23.1 Å². The molecule has 148 valence electrons. The van der Waals surface area contributed by atoms with Crippen LogP contribution in [0.1, 0.15) is 36.0 Å². The monoisotopic (exact) mass is 390 g/mol. The summed E-state index contributed by atoms with van der Waals surface area (Å²) >= 11 is 0. The van der Waals surface area contributed by atoms with Crippen molar-refractivity contribution in [1.29, 1.82) is 0 Å². The molecule has 3 rings (SSSR count). The second-order valence-electron chi connectivity index (χ2n) is 6.95. The number of rotatable bonds is 5. The standard InChI is InChI=1S/C21H21F3N2O2/c1-15-10-12-17(13-11-15)18-14-20(28,21(22,23)24)26(25-18)19(27)9-5-8-16-6-3-2-4-7-16/h2-4,6-7,10-13,28H,5,8-9,14H2,1H3/t20-/m0/s1. The fraction of sp³-hybridized carbons (Fsp3) is 0.333. The van der Waals surface area contributed by atoms with Crippen LogP contribution in [0, 0.1) is 6.92 Å². The third kappa shape index (κ3) is 4.09. The van der Waals surface area contributed by atoms with Gasteiger partial charge in [-0.15, -0.1) is 0 Å². The number of halogens is 3. The maximum Gasteiger partial charge on any atom is 0.438 e. The summed E-state index contributed by atoms with van der Waals surface area (Å²) in [5, 5.41) is 14.4. The molecule has 0 fully saturated rings. The quantitative estimate of drug-likeness (QED) is 0.832. The first kappa shape index (κ1) is 20.1. The highest BCUT2D eigenvalue weighted by Gasteiger charge is 2.63. The molecule has 0 unspecified atom stereocenters. The maximum absolute atomic E-state index is 13.6. The summed E-state index contributed by atoms with van der Waals surface area (Å²) in [6.07, 6.45) is -5.03. The van der Waals surface area contributed by atoms with Crippen LogP contribution in [0.5, 0.6) is 0 Å². The second kappa shape index (κ2) is 7.75. The molecule has 1 heterocycles. The van der Waals surface area contributed by atoms with E-state index in [0.717, 1.165) is 11.1 Å². The summed E-state index contributed by atoms with van der Waals surface area (Å²) in [7, 11) is 0. The molecule has 0 aromatic heterocycles. The van der Waals surface area contributed by atoms with E-state index in [1.165, 1.54) is 0 Å². The average Bonchev–Trinajstić information content (AvgIpc) is 3.02. The molecule has 7 heteroatoms. The molecule has 0 aliphatic carbocycles. The van der Waals surface area contributed by atoms with Crippen LogP contribution in [0.4, 0.5) is 13.2 Å². The minimum absolute atomic E-state index is 0.0382. The minimum Gasteiger partial charge on any atom is -0.362 e. The molecule has 4 nitrogen and oxygen atoms in total. The van der Waals surface area contributed by atoms with Gasteiger partial charge in [0.05, 0.1) is 12.1 Å². The number of nitrogens with zero attached hydrogens (tertiary/aromatic N) is 2. The number of amides is 1. The topological polar surface area (TPSA) is 52.9 Å². The van der Waals surface area contributed by atoms with Gasteiger partial charge in [0.2, 0.25) is 5.91 Å². The molecular formula is C21H21F3N2O2. The van der Waals surface area contributed by atoms with E-state index in [0.29, 0.717) is 18.4 Å². The largest absolute Gasteiger partial charge is 0.438 e. The Morgan fingerprint density at radius 3 is 2.39 bits per heavy atom. The van der Waals surface area contributed by atoms with E-state index in [4.69, 9.17) is 0 Å². The zero-order valence-corrected chi connectivity index (χ0v) is 15.4. The first-order valence-corrected chi connectivity index (χ1v) is 9.01. The molecule has 1 aliphatic rings. The minimum atomic E-state index is -5.02. The van der Waals surface area contributed by atoms with E-state index in [1.54, 1.807) is 24.3 Å². The predicted octanol–water partition coefficient (Wildman–Crippen LogP) is 4.21. The lowest BCUT2D eigenvalue weighted by Gasteiger charge is -2.32. The molecule has 1 aliphatic heterocycles. The molecule has 1 N–H and O–H groups in total. The van der Waals surface area contributed by atoms with Gasteiger partial charge in [-0.2, -0.15) is 23.3 Å². The van der Waals surface area contributed by atoms with Crippen LogP contribution in [-0.4, -0.2) is 33.6 Å². The fourth-order valence-corrected chi connectivity index (χ4v) is 3.13. The molecule has 0 saturated carbocycles. The Balaban J connectivity index is 1.77. The van der Waals surface area contributed by atoms with Crippen molar-refractivity contribution in [2.75, 3.05) is 0 Å². The van der Waals surface area contributed by atoms with Crippen LogP contribution in [-0.2, 0) is 11.2 Å². The van der Waals surface area contributed by atoms with Crippen molar-refractivity contribution in [1.82, 2.24) is 5.01 Å². The van der Waals surface area contributed by atoms with E-state index in [-0.39, 0.29) is 17.1 Å². The van der Waals surface area contributed by atoms with Gasteiger partial charge in [-0.3, -0.25) is 4.79 Å². The number of alkyl halides is 3. The number of hydrogen-bond acceptors (Lipinski definition) is 3. The van der Waals surface area contributed by atoms with Crippen LogP contribution in [0.2, 0.25) is 0 Å². The third-order valence-electron chi connectivity index (χ3n) is 4.76. The number of benzene rings is 2. The summed E-state index contributed by atoms with van der Waals surface area (Å²) < 4.78 is 40.7. The Morgan fingerprint density at radius 2 is 1.79 bits per heavy atom. The van der Waals surface area contributed by atoms with E-state index in [1.807, 2.05) is 37.3 Å². The molecule has 1 amide bonds. The molecule has 0 radical (unpaired) electrons. The zero-order valence-electron chi connectivity index (χ0n) is 15.4. The van der Waals surface area contributed by atoms with Crippen molar-refractivity contribution >= 4 is 11.6 Å². The number of hydrogen-bond donors (Lipinski definition) is 1. The van der Waals surface area contributed by atoms with Gasteiger partial charge in [-0.25, -0.2) is 0 Å². The van der Waals surface area contributed by atoms with Crippen LogP contribution in [0.15, 0.2) is 59.7 Å². The van der Waals surface area contributed by atoms with Gasteiger partial charge in [-0.05, 0) is 30.9 Å². The molecule has 2 aromatic rings. The second-order valence-corrected chi connectivity index (χ2v) is 6.95. The van der Waals surface area contributed by atoms with Gasteiger partial charge in [-0.1, -0.05) is 60.2 Å². The van der Waals surface area contributed by atoms with Crippen molar-refractivity contribution in [3.8, 4) is 0 Å². The zero-order chi connectivity index (χ0) is 20.4. The van der Waals surface area contributed by atoms with Crippen LogP contribution in [0.3, 0.4) is 0 Å². The van der Waals surface area contributed by atoms with Gasteiger partial charge in [0.15, 0.2) is 0 Å². The number of aryl methyl sites for hydroxylation is 2. The lowest BCUT2D eigenvalue weighted by Crippen LogP contribution is -2.56. The van der Waals surface area contributed by atoms with E-state index in [2.05, 4.69) is 5.10 Å². The molecule has 1 atom stereocenters. The lowest BCUT2D eigenvalue weighted by atomic mass is 10.00. The van der Waals surface area contributed by atoms with Gasteiger partial charge < -0.3 is 5.11 Å². The van der Waals surface area contributed by atoms with Crippen molar-refractivity contribution in [2.45, 2.75) is 44.5 Å². The number of carbonyl (C=O) groups is 1. The number of aliphatic hydroxyl groups is 1. The van der Waals surface area contributed by atoms with Crippen molar-refractivity contribution in [3.05, 3.63) is 71.3 Å². The summed E-state index contributed by atoms with van der Waals surface area (Å²) in [5.74, 6) is -0.849. The van der Waals surface area contributed by atoms with Crippen LogP contribution >= 0.6 is 0 Å². The molecule has 0 bridgehead atoms. The normalized spacial score (nSPS) is 19.6. The summed E-state index contributed by atoms with van der Waals surface area (Å²) in [6, 6.07) is 16.1. The fourth-order valence-electron chi connectivity index (χ4n) is 3.13. The predicted molar refractivity (Wildman–Crippen MR) is 99.6 cm³/mol. The lowest BCUT2D eigenvalue weighted by molar-refractivity contribution is -0.302. The Hall–Kier alpha value is -2.67. The molecular weight excluding hydrogens is 369 g/mol. The summed E-state index contributed by atoms with van der Waals surface area (Å²) in [6.45, 7) is 1.86. The smallest absolute Gasteiger partial charge is 0.362 e. The Kier molecular flexibility index (Phi) is 5.56. The highest BCUT2D eigenvalue weighted by Crippen LogP contribution is 2.41. The molecule has 0 spiro atoms. The van der Waals surface area contributed by atoms with Gasteiger partial charge in [0, 0.05) is 6.42 Å². The van der Waals surface area contributed by atoms with Gasteiger partial charge >= 0.3 is 6.18 Å². The highest BCUT2D eigenvalue weighted by atomic mass is 19.4. The third-order valence-corrected chi connectivity index (χ3v) is 4.76. The molecule has 2 aromatic carbocycles. The van der Waals surface area contributed by atoms with E-state index in [9.17, 15) is 23.1 Å². The average molecular weight is 390 g/mol. The summed E-state index contributed by atoms with van der Waals surface area (Å²) in [5.41, 5.74) is -0.894. The van der Waals surface area contributed by atoms with Crippen LogP contribution < -0.4 is 0 Å². The first-order chi connectivity index (χ1) is 13.2. The molecule has 0 saturated heterocycles. The van der Waals surface area contributed by atoms with Crippen molar-refractivity contribution in [3.63, 3.8) is 0 Å². The maximum atomic E-state index is 13.6. The molecule has 28 heavy (non-hydrogen) atoms. The Bertz CT molecular complexity index is 863. The van der Waals surface area contributed by atoms with Crippen molar-refractivity contribution in [2.24, 2.45) is 5.10 Å². The summed E-state index contributed by atoms with van der Waals surface area (Å²) in [4.78, 5) is 12.5. The van der Waals surface area contributed by atoms with Gasteiger partial charge in [0.25, 0.3) is 5.72 Å². The number of carbonyl (C=O) groups excluding carboxylic acids is 1.